The lowest BCUT2D eigenvalue weighted by Crippen LogP contribution is -2.45. The monoisotopic (exact) mass is 252 g/mol. The standard InChI is InChI=1S/C13H20N2O3/c1-5-8(2)11(13(17)18)14-12(16)10-7-6-9(3)15(10)4/h6-8,11H,5H2,1-4H3,(H,14,16)(H,17,18). The number of nitrogens with zero attached hydrogens (tertiary/aromatic N) is 1. The largest absolute Gasteiger partial charge is 0.480 e. The van der Waals surface area contributed by atoms with Crippen molar-refractivity contribution in [3.63, 3.8) is 0 Å². The van der Waals surface area contributed by atoms with Gasteiger partial charge in [0.25, 0.3) is 5.91 Å². The molecule has 0 saturated carbocycles. The van der Waals surface area contributed by atoms with Crippen molar-refractivity contribution >= 4 is 11.9 Å². The number of nitrogens with one attached hydrogen (secondary N) is 1. The highest BCUT2D eigenvalue weighted by molar-refractivity contribution is 5.95. The van der Waals surface area contributed by atoms with Crippen LogP contribution in [0.15, 0.2) is 12.1 Å². The molecule has 0 aliphatic rings. The van der Waals surface area contributed by atoms with E-state index in [1.807, 2.05) is 26.8 Å². The molecule has 0 radical (unpaired) electrons. The molecule has 2 N–H and O–H groups in total. The maximum atomic E-state index is 12.0. The van der Waals surface area contributed by atoms with E-state index < -0.39 is 12.0 Å². The van der Waals surface area contributed by atoms with E-state index in [1.165, 1.54) is 0 Å². The molecule has 1 heterocycles. The molecule has 1 rings (SSSR count). The molecule has 1 aromatic heterocycles. The van der Waals surface area contributed by atoms with Crippen molar-refractivity contribution in [3.8, 4) is 0 Å². The van der Waals surface area contributed by atoms with Crippen molar-refractivity contribution in [3.05, 3.63) is 23.5 Å². The zero-order chi connectivity index (χ0) is 13.9. The van der Waals surface area contributed by atoms with Gasteiger partial charge in [-0.3, -0.25) is 4.79 Å². The van der Waals surface area contributed by atoms with Crippen LogP contribution in [0.4, 0.5) is 0 Å². The zero-order valence-electron chi connectivity index (χ0n) is 11.2. The van der Waals surface area contributed by atoms with Crippen LogP contribution in [-0.2, 0) is 11.8 Å². The van der Waals surface area contributed by atoms with Crippen molar-refractivity contribution in [2.75, 3.05) is 0 Å². The highest BCUT2D eigenvalue weighted by Crippen LogP contribution is 2.11. The van der Waals surface area contributed by atoms with Crippen LogP contribution in [-0.4, -0.2) is 27.6 Å². The van der Waals surface area contributed by atoms with Crippen LogP contribution in [0.5, 0.6) is 0 Å². The first-order chi connectivity index (χ1) is 8.38. The summed E-state index contributed by atoms with van der Waals surface area (Å²) in [4.78, 5) is 23.2. The quantitative estimate of drug-likeness (QED) is 0.835. The van der Waals surface area contributed by atoms with Gasteiger partial charge in [-0.2, -0.15) is 0 Å². The summed E-state index contributed by atoms with van der Waals surface area (Å²) >= 11 is 0. The van der Waals surface area contributed by atoms with E-state index in [9.17, 15) is 9.59 Å². The van der Waals surface area contributed by atoms with Gasteiger partial charge in [-0.05, 0) is 25.0 Å². The third-order valence-electron chi connectivity index (χ3n) is 3.37. The summed E-state index contributed by atoms with van der Waals surface area (Å²) in [6, 6.07) is 2.67. The second kappa shape index (κ2) is 5.71. The maximum absolute atomic E-state index is 12.0. The van der Waals surface area contributed by atoms with E-state index >= 15 is 0 Å². The van der Waals surface area contributed by atoms with Crippen LogP contribution in [0.25, 0.3) is 0 Å². The first-order valence-electron chi connectivity index (χ1n) is 6.04. The lowest BCUT2D eigenvalue weighted by Gasteiger charge is -2.20. The molecule has 100 valence electrons. The maximum Gasteiger partial charge on any atom is 0.326 e. The Labute approximate surface area is 107 Å². The Bertz CT molecular complexity index is 451. The van der Waals surface area contributed by atoms with Gasteiger partial charge in [-0.1, -0.05) is 20.3 Å². The predicted molar refractivity (Wildman–Crippen MR) is 68.5 cm³/mol. The van der Waals surface area contributed by atoms with Crippen molar-refractivity contribution < 1.29 is 14.7 Å². The van der Waals surface area contributed by atoms with Crippen LogP contribution >= 0.6 is 0 Å². The molecule has 2 unspecified atom stereocenters. The molecule has 5 heteroatoms. The van der Waals surface area contributed by atoms with Gasteiger partial charge in [0.05, 0.1) is 0 Å². The fourth-order valence-electron chi connectivity index (χ4n) is 1.74. The van der Waals surface area contributed by atoms with Crippen LogP contribution in [0.1, 0.15) is 36.5 Å². The number of aryl methyl sites for hydroxylation is 1. The number of hydrogen-bond donors (Lipinski definition) is 2. The van der Waals surface area contributed by atoms with E-state index in [1.54, 1.807) is 17.7 Å². The van der Waals surface area contributed by atoms with Gasteiger partial charge >= 0.3 is 5.97 Å². The molecule has 2 atom stereocenters. The lowest BCUT2D eigenvalue weighted by atomic mass is 9.99. The van der Waals surface area contributed by atoms with Gasteiger partial charge in [-0.15, -0.1) is 0 Å². The van der Waals surface area contributed by atoms with E-state index in [4.69, 9.17) is 5.11 Å². The molecule has 0 saturated heterocycles. The first kappa shape index (κ1) is 14.3. The van der Waals surface area contributed by atoms with Gasteiger partial charge in [0.1, 0.15) is 11.7 Å². The van der Waals surface area contributed by atoms with Gasteiger partial charge < -0.3 is 15.0 Å². The second-order valence-electron chi connectivity index (χ2n) is 4.59. The molecule has 0 aliphatic carbocycles. The van der Waals surface area contributed by atoms with Crippen LogP contribution in [0.3, 0.4) is 0 Å². The Morgan fingerprint density at radius 3 is 2.44 bits per heavy atom. The molecule has 0 aliphatic heterocycles. The van der Waals surface area contributed by atoms with Crippen LogP contribution in [0, 0.1) is 12.8 Å². The molecule has 0 fully saturated rings. The first-order valence-corrected chi connectivity index (χ1v) is 6.04. The minimum absolute atomic E-state index is 0.104. The minimum Gasteiger partial charge on any atom is -0.480 e. The second-order valence-corrected chi connectivity index (χ2v) is 4.59. The number of amides is 1. The van der Waals surface area contributed by atoms with Crippen molar-refractivity contribution in [2.45, 2.75) is 33.2 Å². The van der Waals surface area contributed by atoms with Crippen LogP contribution < -0.4 is 5.32 Å². The summed E-state index contributed by atoms with van der Waals surface area (Å²) < 4.78 is 1.74. The molecular weight excluding hydrogens is 232 g/mol. The smallest absolute Gasteiger partial charge is 0.326 e. The number of hydrogen-bond acceptors (Lipinski definition) is 2. The summed E-state index contributed by atoms with van der Waals surface area (Å²) in [5.74, 6) is -1.45. The van der Waals surface area contributed by atoms with Crippen molar-refractivity contribution in [1.82, 2.24) is 9.88 Å². The van der Waals surface area contributed by atoms with Gasteiger partial charge in [0.15, 0.2) is 0 Å². The summed E-state index contributed by atoms with van der Waals surface area (Å²) in [5.41, 5.74) is 1.43. The summed E-state index contributed by atoms with van der Waals surface area (Å²) in [5, 5.41) is 11.7. The lowest BCUT2D eigenvalue weighted by molar-refractivity contribution is -0.140. The number of carbonyl (C=O) groups is 2. The average Bonchev–Trinajstić information content (AvgIpc) is 2.65. The third-order valence-corrected chi connectivity index (χ3v) is 3.37. The van der Waals surface area contributed by atoms with Gasteiger partial charge in [0.2, 0.25) is 0 Å². The molecule has 5 nitrogen and oxygen atoms in total. The Hall–Kier alpha value is -1.78. The van der Waals surface area contributed by atoms with Crippen LogP contribution in [0.2, 0.25) is 0 Å². The molecule has 0 bridgehead atoms. The van der Waals surface area contributed by atoms with Gasteiger partial charge in [0, 0.05) is 12.7 Å². The zero-order valence-corrected chi connectivity index (χ0v) is 11.2. The normalized spacial score (nSPS) is 14.0. The Morgan fingerprint density at radius 1 is 1.44 bits per heavy atom. The number of aliphatic carboxylic acids is 1. The molecule has 18 heavy (non-hydrogen) atoms. The molecule has 0 aromatic carbocycles. The Balaban J connectivity index is 2.85. The molecular formula is C13H20N2O3. The van der Waals surface area contributed by atoms with Crippen molar-refractivity contribution in [1.29, 1.82) is 0 Å². The average molecular weight is 252 g/mol. The fourth-order valence-corrected chi connectivity index (χ4v) is 1.74. The Kier molecular flexibility index (Phi) is 4.53. The highest BCUT2D eigenvalue weighted by Gasteiger charge is 2.26. The fraction of sp³-hybridized carbons (Fsp3) is 0.538. The molecule has 0 spiro atoms. The number of carboxylic acids is 1. The topological polar surface area (TPSA) is 71.3 Å². The molecule has 1 amide bonds. The SMILES string of the molecule is CCC(C)C(NC(=O)c1ccc(C)n1C)C(=O)O. The highest BCUT2D eigenvalue weighted by atomic mass is 16.4. The van der Waals surface area contributed by atoms with E-state index in [0.29, 0.717) is 12.1 Å². The predicted octanol–water partition coefficient (Wildman–Crippen LogP) is 1.56. The number of rotatable bonds is 5. The number of carbonyl (C=O) groups excluding carboxylic acids is 1. The summed E-state index contributed by atoms with van der Waals surface area (Å²) in [6.07, 6.45) is 0.698. The Morgan fingerprint density at radius 2 is 2.06 bits per heavy atom. The third kappa shape index (κ3) is 2.91. The minimum atomic E-state index is -0.997. The van der Waals surface area contributed by atoms with Crippen molar-refractivity contribution in [2.24, 2.45) is 13.0 Å². The number of aromatic nitrogens is 1. The van der Waals surface area contributed by atoms with Gasteiger partial charge in [-0.25, -0.2) is 4.79 Å². The summed E-state index contributed by atoms with van der Waals surface area (Å²) in [7, 11) is 1.78. The summed E-state index contributed by atoms with van der Waals surface area (Å²) in [6.45, 7) is 5.61. The van der Waals surface area contributed by atoms with E-state index in [2.05, 4.69) is 5.32 Å². The molecule has 1 aromatic rings. The number of carboxylic acid groups (broad SMARTS) is 1. The van der Waals surface area contributed by atoms with E-state index in [0.717, 1.165) is 5.69 Å². The van der Waals surface area contributed by atoms with E-state index in [-0.39, 0.29) is 11.8 Å².